The van der Waals surface area contributed by atoms with Gasteiger partial charge in [-0.15, -0.1) is 0 Å². The van der Waals surface area contributed by atoms with Crippen LogP contribution >= 0.6 is 15.9 Å². The molecule has 0 fully saturated rings. The smallest absolute Gasteiger partial charge is 0.431 e. The molecule has 15 heteroatoms. The zero-order valence-electron chi connectivity index (χ0n) is 20.6. The van der Waals surface area contributed by atoms with Crippen LogP contribution in [0.5, 0.6) is 17.2 Å². The first kappa shape index (κ1) is 29.9. The van der Waals surface area contributed by atoms with Crippen molar-refractivity contribution < 1.29 is 46.0 Å². The zero-order chi connectivity index (χ0) is 28.9. The van der Waals surface area contributed by atoms with Crippen molar-refractivity contribution in [3.63, 3.8) is 0 Å². The Hall–Kier alpha value is -3.69. The van der Waals surface area contributed by atoms with Gasteiger partial charge in [-0.1, -0.05) is 12.1 Å². The molecule has 0 saturated carbocycles. The Bertz CT molecular complexity index is 1470. The monoisotopic (exact) mass is 620 g/mol. The summed E-state index contributed by atoms with van der Waals surface area (Å²) >= 11 is 3.11. The first-order chi connectivity index (χ1) is 18.4. The number of para-hydroxylation sites is 2. The summed E-state index contributed by atoms with van der Waals surface area (Å²) in [5, 5.41) is 0. The highest BCUT2D eigenvalue weighted by Crippen LogP contribution is 2.37. The van der Waals surface area contributed by atoms with Crippen molar-refractivity contribution in [3.8, 4) is 22.9 Å². The summed E-state index contributed by atoms with van der Waals surface area (Å²) in [7, 11) is 3.43. The van der Waals surface area contributed by atoms with Crippen LogP contribution in [0.1, 0.15) is 5.69 Å². The van der Waals surface area contributed by atoms with Gasteiger partial charge in [0.2, 0.25) is 0 Å². The average molecular weight is 621 g/mol. The number of hydrogen-bond acceptors (Lipinski definition) is 8. The van der Waals surface area contributed by atoms with Crippen molar-refractivity contribution in [1.29, 1.82) is 0 Å². The molecule has 0 bridgehead atoms. The van der Waals surface area contributed by atoms with Crippen LogP contribution in [0.3, 0.4) is 0 Å². The summed E-state index contributed by atoms with van der Waals surface area (Å²) in [5.74, 6) is -2.11. The Kier molecular flexibility index (Phi) is 9.53. The third kappa shape index (κ3) is 6.85. The fourth-order valence-corrected chi connectivity index (χ4v) is 3.64. The third-order valence-electron chi connectivity index (χ3n) is 5.09. The predicted molar refractivity (Wildman–Crippen MR) is 131 cm³/mol. The number of rotatable bonds is 10. The molecule has 1 aromatic heterocycles. The molecule has 0 amide bonds. The Labute approximate surface area is 226 Å². The SMILES string of the molecule is COCCOC(=O)[C@H](OC)Oc1ccccc1Oc1cc(-n2c(=O)cc(C(F)(F)F)n(C)c2=O)c(F)cc1Br. The van der Waals surface area contributed by atoms with Crippen LogP contribution in [0.4, 0.5) is 17.6 Å². The standard InChI is InChI=1S/C24H21BrF4N2O8/c1-30-19(24(27,28)29)12-20(32)31(23(30)34)15-11-18(13(25)10-14(15)26)38-16-6-4-5-7-17(16)39-22(36-3)21(33)37-9-8-35-2/h4-7,10-12,22H,8-9H2,1-3H3/t22-/m1/s1. The van der Waals surface area contributed by atoms with Crippen molar-refractivity contribution in [2.75, 3.05) is 27.4 Å². The molecular weight excluding hydrogens is 600 g/mol. The van der Waals surface area contributed by atoms with E-state index in [1.807, 2.05) is 0 Å². The fourth-order valence-electron chi connectivity index (χ4n) is 3.24. The summed E-state index contributed by atoms with van der Waals surface area (Å²) in [6.07, 6.45) is -6.48. The molecule has 210 valence electrons. The topological polar surface area (TPSA) is 107 Å². The highest BCUT2D eigenvalue weighted by atomic mass is 79.9. The number of halogens is 5. The molecule has 3 rings (SSSR count). The highest BCUT2D eigenvalue weighted by molar-refractivity contribution is 9.10. The van der Waals surface area contributed by atoms with Crippen molar-refractivity contribution in [3.05, 3.63) is 79.3 Å². The van der Waals surface area contributed by atoms with Crippen molar-refractivity contribution in [2.45, 2.75) is 12.5 Å². The van der Waals surface area contributed by atoms with Gasteiger partial charge in [0.15, 0.2) is 11.5 Å². The van der Waals surface area contributed by atoms with Crippen molar-refractivity contribution >= 4 is 21.9 Å². The number of carbonyl (C=O) groups excluding carboxylic acids is 1. The number of ether oxygens (including phenoxy) is 5. The molecule has 2 aromatic carbocycles. The van der Waals surface area contributed by atoms with E-state index in [1.165, 1.54) is 26.4 Å². The second kappa shape index (κ2) is 12.4. The number of alkyl halides is 3. The molecule has 0 aliphatic carbocycles. The lowest BCUT2D eigenvalue weighted by Crippen LogP contribution is -2.41. The molecular formula is C24H21BrF4N2O8. The van der Waals surface area contributed by atoms with Gasteiger partial charge in [-0.05, 0) is 34.1 Å². The number of methoxy groups -OCH3 is 2. The van der Waals surface area contributed by atoms with Crippen LogP contribution in [-0.4, -0.2) is 48.8 Å². The van der Waals surface area contributed by atoms with Crippen molar-refractivity contribution in [1.82, 2.24) is 9.13 Å². The zero-order valence-corrected chi connectivity index (χ0v) is 22.2. The molecule has 3 aromatic rings. The molecule has 0 radical (unpaired) electrons. The molecule has 39 heavy (non-hydrogen) atoms. The fraction of sp³-hybridized carbons (Fsp3) is 0.292. The second-order valence-electron chi connectivity index (χ2n) is 7.67. The summed E-state index contributed by atoms with van der Waals surface area (Å²) in [6.45, 7) is 0.0959. The van der Waals surface area contributed by atoms with Crippen LogP contribution in [0, 0.1) is 5.82 Å². The van der Waals surface area contributed by atoms with Crippen LogP contribution in [0.25, 0.3) is 5.69 Å². The maximum Gasteiger partial charge on any atom is 0.431 e. The number of hydrogen-bond donors (Lipinski definition) is 0. The Morgan fingerprint density at radius 1 is 1.03 bits per heavy atom. The van der Waals surface area contributed by atoms with Crippen LogP contribution in [-0.2, 0) is 32.2 Å². The van der Waals surface area contributed by atoms with E-state index in [9.17, 15) is 31.9 Å². The number of nitrogens with zero attached hydrogens (tertiary/aromatic N) is 2. The third-order valence-corrected chi connectivity index (χ3v) is 5.71. The Morgan fingerprint density at radius 3 is 2.31 bits per heavy atom. The van der Waals surface area contributed by atoms with E-state index in [0.29, 0.717) is 0 Å². The molecule has 0 unspecified atom stereocenters. The lowest BCUT2D eigenvalue weighted by molar-refractivity contribution is -0.174. The van der Waals surface area contributed by atoms with Gasteiger partial charge >= 0.3 is 17.8 Å². The molecule has 10 nitrogen and oxygen atoms in total. The molecule has 0 saturated heterocycles. The van der Waals surface area contributed by atoms with Crippen LogP contribution in [0.2, 0.25) is 0 Å². The molecule has 1 heterocycles. The lowest BCUT2D eigenvalue weighted by Gasteiger charge is -2.19. The van der Waals surface area contributed by atoms with Gasteiger partial charge in [0.25, 0.3) is 11.8 Å². The molecule has 1 atom stereocenters. The molecule has 0 spiro atoms. The minimum Gasteiger partial charge on any atom is -0.459 e. The summed E-state index contributed by atoms with van der Waals surface area (Å²) in [5.41, 5.74) is -5.00. The maximum atomic E-state index is 14.9. The Balaban J connectivity index is 2.00. The predicted octanol–water partition coefficient (Wildman–Crippen LogP) is 3.79. The van der Waals surface area contributed by atoms with Gasteiger partial charge in [0.1, 0.15) is 23.9 Å². The molecule has 0 aliphatic rings. The first-order valence-corrected chi connectivity index (χ1v) is 11.7. The van der Waals surface area contributed by atoms with Crippen molar-refractivity contribution in [2.24, 2.45) is 7.05 Å². The minimum atomic E-state index is -4.99. The molecule has 0 N–H and O–H groups in total. The van der Waals surface area contributed by atoms with Crippen LogP contribution in [0.15, 0.2) is 56.5 Å². The quantitative estimate of drug-likeness (QED) is 0.146. The first-order valence-electron chi connectivity index (χ1n) is 10.9. The van der Waals surface area contributed by atoms with Gasteiger partial charge in [-0.3, -0.25) is 9.36 Å². The van der Waals surface area contributed by atoms with Gasteiger partial charge in [0.05, 0.1) is 16.8 Å². The number of carbonyl (C=O) groups is 1. The molecule has 0 aliphatic heterocycles. The van der Waals surface area contributed by atoms with E-state index in [-0.39, 0.29) is 50.1 Å². The van der Waals surface area contributed by atoms with E-state index in [1.54, 1.807) is 12.1 Å². The van der Waals surface area contributed by atoms with Gasteiger partial charge in [-0.25, -0.2) is 18.5 Å². The Morgan fingerprint density at radius 2 is 1.69 bits per heavy atom. The van der Waals surface area contributed by atoms with E-state index in [0.717, 1.165) is 19.2 Å². The normalized spacial score (nSPS) is 12.2. The average Bonchev–Trinajstić information content (AvgIpc) is 2.87. The van der Waals surface area contributed by atoms with Gasteiger partial charge in [0, 0.05) is 33.4 Å². The summed E-state index contributed by atoms with van der Waals surface area (Å²) in [6, 6.07) is 7.96. The van der Waals surface area contributed by atoms with Gasteiger partial charge in [-0.2, -0.15) is 13.2 Å². The summed E-state index contributed by atoms with van der Waals surface area (Å²) in [4.78, 5) is 37.4. The number of esters is 1. The maximum absolute atomic E-state index is 14.9. The minimum absolute atomic E-state index is 0.00447. The van der Waals surface area contributed by atoms with E-state index < -0.39 is 46.9 Å². The van der Waals surface area contributed by atoms with Crippen LogP contribution < -0.4 is 20.7 Å². The second-order valence-corrected chi connectivity index (χ2v) is 8.53. The number of benzene rings is 2. The number of aromatic nitrogens is 2. The largest absolute Gasteiger partial charge is 0.459 e. The van der Waals surface area contributed by atoms with E-state index >= 15 is 0 Å². The highest BCUT2D eigenvalue weighted by Gasteiger charge is 2.35. The van der Waals surface area contributed by atoms with E-state index in [2.05, 4.69) is 15.9 Å². The lowest BCUT2D eigenvalue weighted by atomic mass is 10.2. The van der Waals surface area contributed by atoms with E-state index in [4.69, 9.17) is 23.7 Å². The summed E-state index contributed by atoms with van der Waals surface area (Å²) < 4.78 is 81.1. The van der Waals surface area contributed by atoms with Gasteiger partial charge < -0.3 is 23.7 Å².